The Morgan fingerprint density at radius 1 is 1.50 bits per heavy atom. The van der Waals surface area contributed by atoms with E-state index in [2.05, 4.69) is 50.6 Å². The van der Waals surface area contributed by atoms with Crippen molar-refractivity contribution in [1.29, 1.82) is 0 Å². The van der Waals surface area contributed by atoms with Crippen molar-refractivity contribution in [3.8, 4) is 0 Å². The van der Waals surface area contributed by atoms with Crippen molar-refractivity contribution < 1.29 is 0 Å². The Morgan fingerprint density at radius 2 is 2.14 bits per heavy atom. The summed E-state index contributed by atoms with van der Waals surface area (Å²) in [6.45, 7) is 17.4. The van der Waals surface area contributed by atoms with Crippen molar-refractivity contribution in [2.24, 2.45) is 5.41 Å². The summed E-state index contributed by atoms with van der Waals surface area (Å²) in [6.07, 6.45) is 2.06. The lowest BCUT2D eigenvalue weighted by Gasteiger charge is -2.41. The summed E-state index contributed by atoms with van der Waals surface area (Å²) >= 11 is 0. The van der Waals surface area contributed by atoms with E-state index in [0.717, 1.165) is 26.2 Å². The Balaban J connectivity index is 2.50. The zero-order valence-corrected chi connectivity index (χ0v) is 10.1. The Hall–Kier alpha value is -0.340. The smallest absolute Gasteiger partial charge is 0.0252 e. The highest BCUT2D eigenvalue weighted by atomic mass is 15.2. The van der Waals surface area contributed by atoms with Crippen LogP contribution in [0.2, 0.25) is 0 Å². The molecule has 0 aromatic rings. The Morgan fingerprint density at radius 3 is 2.64 bits per heavy atom. The molecular weight excluding hydrogens is 172 g/mol. The number of nitrogens with zero attached hydrogens (tertiary/aromatic N) is 1. The summed E-state index contributed by atoms with van der Waals surface area (Å²) in [5.74, 6) is 0. The molecule has 1 heterocycles. The molecule has 1 saturated heterocycles. The first-order chi connectivity index (χ1) is 6.35. The van der Waals surface area contributed by atoms with Crippen molar-refractivity contribution in [2.75, 3.05) is 26.2 Å². The molecular formula is C12H24N2. The SMILES string of the molecule is C=CC(C)(C)CN1CCNC(C)(C)C1. The van der Waals surface area contributed by atoms with E-state index in [9.17, 15) is 0 Å². The van der Waals surface area contributed by atoms with Crippen LogP contribution < -0.4 is 5.32 Å². The normalized spacial score (nSPS) is 23.4. The van der Waals surface area contributed by atoms with Crippen LogP contribution in [0, 0.1) is 5.41 Å². The highest BCUT2D eigenvalue weighted by molar-refractivity contribution is 4.94. The average Bonchev–Trinajstić information content (AvgIpc) is 2.01. The first kappa shape index (κ1) is 11.7. The summed E-state index contributed by atoms with van der Waals surface area (Å²) in [7, 11) is 0. The second-order valence-electron chi connectivity index (χ2n) is 5.71. The number of piperazine rings is 1. The quantitative estimate of drug-likeness (QED) is 0.693. The van der Waals surface area contributed by atoms with Crippen LogP contribution in [0.25, 0.3) is 0 Å². The van der Waals surface area contributed by atoms with Gasteiger partial charge in [0.05, 0.1) is 0 Å². The standard InChI is InChI=1S/C12H24N2/c1-6-11(2,3)9-14-8-7-13-12(4,5)10-14/h6,13H,1,7-10H2,2-5H3. The van der Waals surface area contributed by atoms with Gasteiger partial charge in [-0.1, -0.05) is 19.9 Å². The van der Waals surface area contributed by atoms with Crippen LogP contribution in [0.5, 0.6) is 0 Å². The lowest BCUT2D eigenvalue weighted by Crippen LogP contribution is -2.58. The maximum atomic E-state index is 3.89. The van der Waals surface area contributed by atoms with E-state index in [1.54, 1.807) is 0 Å². The van der Waals surface area contributed by atoms with Gasteiger partial charge in [0.15, 0.2) is 0 Å². The highest BCUT2D eigenvalue weighted by Crippen LogP contribution is 2.20. The third-order valence-corrected chi connectivity index (χ3v) is 2.83. The fourth-order valence-corrected chi connectivity index (χ4v) is 2.02. The minimum absolute atomic E-state index is 0.230. The van der Waals surface area contributed by atoms with Crippen LogP contribution in [-0.4, -0.2) is 36.6 Å². The van der Waals surface area contributed by atoms with Gasteiger partial charge in [-0.05, 0) is 19.3 Å². The molecule has 1 aliphatic heterocycles. The zero-order chi connectivity index (χ0) is 10.8. The molecule has 0 bridgehead atoms. The summed E-state index contributed by atoms with van der Waals surface area (Å²) < 4.78 is 0. The number of hydrogen-bond acceptors (Lipinski definition) is 2. The molecule has 0 aliphatic carbocycles. The maximum Gasteiger partial charge on any atom is 0.0252 e. The second kappa shape index (κ2) is 4.03. The molecule has 0 aromatic heterocycles. The lowest BCUT2D eigenvalue weighted by molar-refractivity contribution is 0.124. The summed E-state index contributed by atoms with van der Waals surface area (Å²) in [6, 6.07) is 0. The molecule has 1 rings (SSSR count). The molecule has 2 heteroatoms. The molecule has 1 aliphatic rings. The number of hydrogen-bond donors (Lipinski definition) is 1. The second-order valence-corrected chi connectivity index (χ2v) is 5.71. The third kappa shape index (κ3) is 3.43. The predicted octanol–water partition coefficient (Wildman–Crippen LogP) is 1.88. The van der Waals surface area contributed by atoms with Gasteiger partial charge in [0.25, 0.3) is 0 Å². The molecule has 1 N–H and O–H groups in total. The van der Waals surface area contributed by atoms with Crippen LogP contribution in [0.1, 0.15) is 27.7 Å². The van der Waals surface area contributed by atoms with E-state index in [0.29, 0.717) is 0 Å². The maximum absolute atomic E-state index is 3.89. The van der Waals surface area contributed by atoms with Crippen molar-refractivity contribution in [3.63, 3.8) is 0 Å². The third-order valence-electron chi connectivity index (χ3n) is 2.83. The van der Waals surface area contributed by atoms with Crippen molar-refractivity contribution in [2.45, 2.75) is 33.2 Å². The fourth-order valence-electron chi connectivity index (χ4n) is 2.02. The Bertz CT molecular complexity index is 206. The first-order valence-corrected chi connectivity index (χ1v) is 5.46. The minimum Gasteiger partial charge on any atom is -0.309 e. The molecule has 0 unspecified atom stereocenters. The van der Waals surface area contributed by atoms with Gasteiger partial charge in [0.1, 0.15) is 0 Å². The summed E-state index contributed by atoms with van der Waals surface area (Å²) in [5, 5.41) is 3.52. The predicted molar refractivity (Wildman–Crippen MR) is 62.5 cm³/mol. The number of rotatable bonds is 3. The molecule has 0 radical (unpaired) electrons. The van der Waals surface area contributed by atoms with E-state index in [1.807, 2.05) is 0 Å². The van der Waals surface area contributed by atoms with E-state index >= 15 is 0 Å². The van der Waals surface area contributed by atoms with Crippen molar-refractivity contribution in [1.82, 2.24) is 10.2 Å². The molecule has 0 spiro atoms. The molecule has 2 nitrogen and oxygen atoms in total. The topological polar surface area (TPSA) is 15.3 Å². The van der Waals surface area contributed by atoms with Gasteiger partial charge >= 0.3 is 0 Å². The van der Waals surface area contributed by atoms with E-state index in [4.69, 9.17) is 0 Å². The zero-order valence-electron chi connectivity index (χ0n) is 10.1. The number of nitrogens with one attached hydrogen (secondary N) is 1. The van der Waals surface area contributed by atoms with Gasteiger partial charge in [-0.15, -0.1) is 6.58 Å². The van der Waals surface area contributed by atoms with Crippen LogP contribution in [0.4, 0.5) is 0 Å². The van der Waals surface area contributed by atoms with E-state index < -0.39 is 0 Å². The van der Waals surface area contributed by atoms with Crippen LogP contribution >= 0.6 is 0 Å². The molecule has 1 fully saturated rings. The van der Waals surface area contributed by atoms with Gasteiger partial charge in [0, 0.05) is 31.7 Å². The first-order valence-electron chi connectivity index (χ1n) is 5.46. The molecule has 0 amide bonds. The Labute approximate surface area is 88.4 Å². The molecule has 0 atom stereocenters. The molecule has 82 valence electrons. The summed E-state index contributed by atoms with van der Waals surface area (Å²) in [5.41, 5.74) is 0.489. The van der Waals surface area contributed by atoms with Gasteiger partial charge in [-0.25, -0.2) is 0 Å². The van der Waals surface area contributed by atoms with Crippen molar-refractivity contribution in [3.05, 3.63) is 12.7 Å². The largest absolute Gasteiger partial charge is 0.309 e. The van der Waals surface area contributed by atoms with E-state index in [1.165, 1.54) is 0 Å². The molecule has 0 saturated carbocycles. The Kier molecular flexibility index (Phi) is 3.38. The van der Waals surface area contributed by atoms with Crippen molar-refractivity contribution >= 4 is 0 Å². The molecule has 0 aromatic carbocycles. The minimum atomic E-state index is 0.230. The summed E-state index contributed by atoms with van der Waals surface area (Å²) in [4.78, 5) is 2.53. The average molecular weight is 196 g/mol. The van der Waals surface area contributed by atoms with E-state index in [-0.39, 0.29) is 11.0 Å². The monoisotopic (exact) mass is 196 g/mol. The molecule has 14 heavy (non-hydrogen) atoms. The highest BCUT2D eigenvalue weighted by Gasteiger charge is 2.28. The fraction of sp³-hybridized carbons (Fsp3) is 0.833. The van der Waals surface area contributed by atoms with Crippen LogP contribution in [0.15, 0.2) is 12.7 Å². The van der Waals surface area contributed by atoms with Gasteiger partial charge in [-0.3, -0.25) is 4.90 Å². The van der Waals surface area contributed by atoms with Crippen LogP contribution in [-0.2, 0) is 0 Å². The lowest BCUT2D eigenvalue weighted by atomic mass is 9.91. The van der Waals surface area contributed by atoms with Gasteiger partial charge in [-0.2, -0.15) is 0 Å². The van der Waals surface area contributed by atoms with Crippen LogP contribution in [0.3, 0.4) is 0 Å². The van der Waals surface area contributed by atoms with Gasteiger partial charge in [0.2, 0.25) is 0 Å². The van der Waals surface area contributed by atoms with Gasteiger partial charge < -0.3 is 5.32 Å².